The normalized spacial score (nSPS) is 10.2. The minimum absolute atomic E-state index is 0.0725. The summed E-state index contributed by atoms with van der Waals surface area (Å²) in [7, 11) is 1.67. The number of pyridine rings is 1. The van der Waals surface area contributed by atoms with E-state index in [2.05, 4.69) is 31.5 Å². The van der Waals surface area contributed by atoms with E-state index in [-0.39, 0.29) is 16.3 Å². The van der Waals surface area contributed by atoms with Gasteiger partial charge in [-0.25, -0.2) is 9.37 Å². The predicted octanol–water partition coefficient (Wildman–Crippen LogP) is 3.93. The second-order valence-electron chi connectivity index (χ2n) is 3.88. The Morgan fingerprint density at radius 3 is 2.85 bits per heavy atom. The van der Waals surface area contributed by atoms with Crippen molar-refractivity contribution in [2.24, 2.45) is 0 Å². The standard InChI is InChI=1S/C13H10BrClFN3O/c1-17-12-5-8(9(15)6-18-12)13(20)19-11-4-7(14)2-3-10(11)16/h2-6H,1H3,(H,17,18)(H,19,20). The molecule has 1 aromatic carbocycles. The molecule has 2 aromatic rings. The molecular weight excluding hydrogens is 349 g/mol. The van der Waals surface area contributed by atoms with Crippen LogP contribution in [-0.4, -0.2) is 17.9 Å². The van der Waals surface area contributed by atoms with E-state index in [1.54, 1.807) is 13.1 Å². The molecule has 20 heavy (non-hydrogen) atoms. The van der Waals surface area contributed by atoms with E-state index >= 15 is 0 Å². The zero-order valence-electron chi connectivity index (χ0n) is 10.4. The van der Waals surface area contributed by atoms with Gasteiger partial charge in [-0.15, -0.1) is 0 Å². The molecule has 104 valence electrons. The fraction of sp³-hybridized carbons (Fsp3) is 0.0769. The molecule has 0 saturated carbocycles. The predicted molar refractivity (Wildman–Crippen MR) is 80.8 cm³/mol. The molecule has 2 N–H and O–H groups in total. The van der Waals surface area contributed by atoms with E-state index in [0.717, 1.165) is 0 Å². The Morgan fingerprint density at radius 1 is 1.40 bits per heavy atom. The number of halogens is 3. The smallest absolute Gasteiger partial charge is 0.257 e. The van der Waals surface area contributed by atoms with Gasteiger partial charge in [-0.05, 0) is 24.3 Å². The highest BCUT2D eigenvalue weighted by Crippen LogP contribution is 2.23. The van der Waals surface area contributed by atoms with Crippen LogP contribution in [0.1, 0.15) is 10.4 Å². The SMILES string of the molecule is CNc1cc(C(=O)Nc2cc(Br)ccc2F)c(Cl)cn1. The maximum Gasteiger partial charge on any atom is 0.257 e. The summed E-state index contributed by atoms with van der Waals surface area (Å²) in [6, 6.07) is 5.77. The van der Waals surface area contributed by atoms with Crippen LogP contribution in [-0.2, 0) is 0 Å². The first-order chi connectivity index (χ1) is 9.51. The number of hydrogen-bond donors (Lipinski definition) is 2. The quantitative estimate of drug-likeness (QED) is 0.874. The third-order valence-corrected chi connectivity index (χ3v) is 3.33. The molecular formula is C13H10BrClFN3O. The van der Waals surface area contributed by atoms with E-state index in [1.165, 1.54) is 24.4 Å². The van der Waals surface area contributed by atoms with Crippen molar-refractivity contribution in [3.05, 3.63) is 51.3 Å². The first-order valence-corrected chi connectivity index (χ1v) is 6.78. The van der Waals surface area contributed by atoms with Gasteiger partial charge in [-0.1, -0.05) is 27.5 Å². The van der Waals surface area contributed by atoms with Crippen LogP contribution in [0.5, 0.6) is 0 Å². The molecule has 0 aliphatic carbocycles. The second kappa shape index (κ2) is 6.19. The van der Waals surface area contributed by atoms with Crippen LogP contribution in [0.15, 0.2) is 34.9 Å². The highest BCUT2D eigenvalue weighted by atomic mass is 79.9. The summed E-state index contributed by atoms with van der Waals surface area (Å²) in [5.41, 5.74) is 0.286. The molecule has 1 aromatic heterocycles. The molecule has 1 heterocycles. The highest BCUT2D eigenvalue weighted by molar-refractivity contribution is 9.10. The van der Waals surface area contributed by atoms with Crippen molar-refractivity contribution in [2.75, 3.05) is 17.7 Å². The molecule has 0 aliphatic heterocycles. The molecule has 1 amide bonds. The number of nitrogens with one attached hydrogen (secondary N) is 2. The van der Waals surface area contributed by atoms with Crippen molar-refractivity contribution in [3.63, 3.8) is 0 Å². The summed E-state index contributed by atoms with van der Waals surface area (Å²) in [4.78, 5) is 16.1. The molecule has 7 heteroatoms. The zero-order valence-corrected chi connectivity index (χ0v) is 12.7. The lowest BCUT2D eigenvalue weighted by Gasteiger charge is -2.09. The second-order valence-corrected chi connectivity index (χ2v) is 5.20. The van der Waals surface area contributed by atoms with Crippen LogP contribution in [0.2, 0.25) is 5.02 Å². The number of carbonyl (C=O) groups excluding carboxylic acids is 1. The Bertz CT molecular complexity index is 666. The van der Waals surface area contributed by atoms with Gasteiger partial charge in [-0.2, -0.15) is 0 Å². The Balaban J connectivity index is 2.30. The number of anilines is 2. The maximum atomic E-state index is 13.6. The number of aromatic nitrogens is 1. The summed E-state index contributed by atoms with van der Waals surface area (Å²) in [6.07, 6.45) is 1.36. The van der Waals surface area contributed by atoms with Gasteiger partial charge in [0.05, 0.1) is 16.3 Å². The Kier molecular flexibility index (Phi) is 4.57. The van der Waals surface area contributed by atoms with Crippen molar-refractivity contribution in [2.45, 2.75) is 0 Å². The fourth-order valence-corrected chi connectivity index (χ4v) is 2.08. The van der Waals surface area contributed by atoms with E-state index in [1.807, 2.05) is 0 Å². The van der Waals surface area contributed by atoms with Gasteiger partial charge in [0.1, 0.15) is 11.6 Å². The van der Waals surface area contributed by atoms with E-state index < -0.39 is 11.7 Å². The molecule has 0 saturated heterocycles. The van der Waals surface area contributed by atoms with Crippen molar-refractivity contribution in [1.29, 1.82) is 0 Å². The molecule has 2 rings (SSSR count). The average molecular weight is 359 g/mol. The summed E-state index contributed by atoms with van der Waals surface area (Å²) in [5, 5.41) is 5.47. The monoisotopic (exact) mass is 357 g/mol. The van der Waals surface area contributed by atoms with Gasteiger partial charge >= 0.3 is 0 Å². The van der Waals surface area contributed by atoms with Crippen molar-refractivity contribution >= 4 is 44.9 Å². The van der Waals surface area contributed by atoms with Gasteiger partial charge < -0.3 is 10.6 Å². The summed E-state index contributed by atoms with van der Waals surface area (Å²) in [6.45, 7) is 0. The number of amides is 1. The molecule has 0 aliphatic rings. The molecule has 0 fully saturated rings. The summed E-state index contributed by atoms with van der Waals surface area (Å²) < 4.78 is 14.3. The van der Waals surface area contributed by atoms with Crippen molar-refractivity contribution < 1.29 is 9.18 Å². The van der Waals surface area contributed by atoms with Crippen LogP contribution >= 0.6 is 27.5 Å². The number of benzene rings is 1. The van der Waals surface area contributed by atoms with E-state index in [0.29, 0.717) is 10.3 Å². The maximum absolute atomic E-state index is 13.6. The average Bonchev–Trinajstić information content (AvgIpc) is 2.43. The van der Waals surface area contributed by atoms with E-state index in [9.17, 15) is 9.18 Å². The van der Waals surface area contributed by atoms with Crippen LogP contribution < -0.4 is 10.6 Å². The van der Waals surface area contributed by atoms with E-state index in [4.69, 9.17) is 11.6 Å². The Morgan fingerprint density at radius 2 is 2.15 bits per heavy atom. The van der Waals surface area contributed by atoms with Crippen molar-refractivity contribution in [1.82, 2.24) is 4.98 Å². The van der Waals surface area contributed by atoms with Crippen LogP contribution in [0.4, 0.5) is 15.9 Å². The molecule has 4 nitrogen and oxygen atoms in total. The molecule has 0 unspecified atom stereocenters. The lowest BCUT2D eigenvalue weighted by molar-refractivity contribution is 0.102. The number of nitrogens with zero attached hydrogens (tertiary/aromatic N) is 1. The third kappa shape index (κ3) is 3.26. The minimum atomic E-state index is -0.527. The summed E-state index contributed by atoms with van der Waals surface area (Å²) in [5.74, 6) is -0.541. The lowest BCUT2D eigenvalue weighted by atomic mass is 10.2. The van der Waals surface area contributed by atoms with Gasteiger partial charge in [0.15, 0.2) is 0 Å². The first-order valence-electron chi connectivity index (χ1n) is 5.61. The van der Waals surface area contributed by atoms with Crippen LogP contribution in [0, 0.1) is 5.82 Å². The van der Waals surface area contributed by atoms with Crippen LogP contribution in [0.25, 0.3) is 0 Å². The van der Waals surface area contributed by atoms with Gasteiger partial charge in [-0.3, -0.25) is 4.79 Å². The third-order valence-electron chi connectivity index (χ3n) is 2.53. The number of rotatable bonds is 3. The molecule has 0 spiro atoms. The molecule has 0 bridgehead atoms. The van der Waals surface area contributed by atoms with Gasteiger partial charge in [0.2, 0.25) is 0 Å². The zero-order chi connectivity index (χ0) is 14.7. The Labute approximate surface area is 128 Å². The Hall–Kier alpha value is -1.66. The largest absolute Gasteiger partial charge is 0.373 e. The van der Waals surface area contributed by atoms with Gasteiger partial charge in [0, 0.05) is 17.7 Å². The lowest BCUT2D eigenvalue weighted by Crippen LogP contribution is -2.14. The first kappa shape index (κ1) is 14.7. The molecule has 0 atom stereocenters. The number of carbonyl (C=O) groups is 1. The van der Waals surface area contributed by atoms with Crippen LogP contribution in [0.3, 0.4) is 0 Å². The molecule has 0 radical (unpaired) electrons. The summed E-state index contributed by atoms with van der Waals surface area (Å²) >= 11 is 9.15. The topological polar surface area (TPSA) is 54.0 Å². The number of hydrogen-bond acceptors (Lipinski definition) is 3. The minimum Gasteiger partial charge on any atom is -0.373 e. The van der Waals surface area contributed by atoms with Crippen molar-refractivity contribution in [3.8, 4) is 0 Å². The van der Waals surface area contributed by atoms with Gasteiger partial charge in [0.25, 0.3) is 5.91 Å². The highest BCUT2D eigenvalue weighted by Gasteiger charge is 2.14. The fourth-order valence-electron chi connectivity index (χ4n) is 1.53.